The summed E-state index contributed by atoms with van der Waals surface area (Å²) in [4.78, 5) is 32.1. The number of aryl methyl sites for hydroxylation is 1. The van der Waals surface area contributed by atoms with E-state index >= 15 is 0 Å². The standard InChI is InChI=1S/C27H29FN4O4/c1-17-3-6-20(13-22(17)28)30-26(33)19-9-11-31(12-10-19)27(34)25-23-15-36-24(14-32(23)16-29-25)18-4-7-21(35-2)8-5-18/h3-8,13,16,19,24H,9-12,14-15H2,1-2H3,(H,30,33)/t24-/m0/s1. The smallest absolute Gasteiger partial charge is 0.274 e. The Morgan fingerprint density at radius 1 is 1.14 bits per heavy atom. The van der Waals surface area contributed by atoms with Crippen LogP contribution in [0, 0.1) is 18.7 Å². The van der Waals surface area contributed by atoms with Gasteiger partial charge in [0, 0.05) is 24.7 Å². The van der Waals surface area contributed by atoms with Crippen LogP contribution in [0.4, 0.5) is 10.1 Å². The van der Waals surface area contributed by atoms with Crippen LogP contribution in [-0.4, -0.2) is 46.5 Å². The van der Waals surface area contributed by atoms with Crippen LogP contribution in [0.5, 0.6) is 5.75 Å². The fraction of sp³-hybridized carbons (Fsp3) is 0.370. The molecule has 1 saturated heterocycles. The van der Waals surface area contributed by atoms with E-state index in [0.717, 1.165) is 17.0 Å². The highest BCUT2D eigenvalue weighted by Gasteiger charge is 2.32. The van der Waals surface area contributed by atoms with Gasteiger partial charge < -0.3 is 24.3 Å². The van der Waals surface area contributed by atoms with E-state index in [2.05, 4.69) is 10.3 Å². The normalized spacial score (nSPS) is 18.0. The molecule has 0 unspecified atom stereocenters. The maximum Gasteiger partial charge on any atom is 0.274 e. The highest BCUT2D eigenvalue weighted by atomic mass is 19.1. The van der Waals surface area contributed by atoms with Crippen LogP contribution < -0.4 is 10.1 Å². The third kappa shape index (κ3) is 4.83. The van der Waals surface area contributed by atoms with Crippen molar-refractivity contribution in [1.82, 2.24) is 14.5 Å². The molecular formula is C27H29FN4O4. The van der Waals surface area contributed by atoms with E-state index in [1.807, 2.05) is 28.8 Å². The second-order valence-electron chi connectivity index (χ2n) is 9.28. The van der Waals surface area contributed by atoms with Gasteiger partial charge >= 0.3 is 0 Å². The van der Waals surface area contributed by atoms with E-state index in [1.165, 1.54) is 6.07 Å². The number of nitrogens with zero attached hydrogens (tertiary/aromatic N) is 3. The van der Waals surface area contributed by atoms with Gasteiger partial charge in [0.25, 0.3) is 5.91 Å². The number of amides is 2. The van der Waals surface area contributed by atoms with Crippen LogP contribution in [0.2, 0.25) is 0 Å². The average molecular weight is 493 g/mol. The summed E-state index contributed by atoms with van der Waals surface area (Å²) in [5, 5.41) is 2.79. The SMILES string of the molecule is COc1ccc([C@@H]2Cn3cnc(C(=O)N4CCC(C(=O)Nc5ccc(C)c(F)c5)CC4)c3CO2)cc1. The summed E-state index contributed by atoms with van der Waals surface area (Å²) in [5.74, 6) is -0.0905. The van der Waals surface area contributed by atoms with Crippen molar-refractivity contribution in [2.24, 2.45) is 5.92 Å². The molecule has 0 spiro atoms. The van der Waals surface area contributed by atoms with Gasteiger partial charge in [-0.15, -0.1) is 0 Å². The van der Waals surface area contributed by atoms with Crippen LogP contribution in [-0.2, 0) is 22.7 Å². The Morgan fingerprint density at radius 3 is 2.58 bits per heavy atom. The maximum absolute atomic E-state index is 13.8. The van der Waals surface area contributed by atoms with Crippen molar-refractivity contribution in [2.45, 2.75) is 39.0 Å². The number of benzene rings is 2. The van der Waals surface area contributed by atoms with Gasteiger partial charge in [-0.1, -0.05) is 18.2 Å². The first-order chi connectivity index (χ1) is 17.4. The Bertz CT molecular complexity index is 1270. The first kappa shape index (κ1) is 24.0. The molecule has 2 aromatic carbocycles. The number of halogens is 1. The summed E-state index contributed by atoms with van der Waals surface area (Å²) >= 11 is 0. The molecule has 188 valence electrons. The molecule has 0 bridgehead atoms. The van der Waals surface area contributed by atoms with Crippen LogP contribution in [0.1, 0.15) is 46.3 Å². The molecule has 0 aliphatic carbocycles. The zero-order chi connectivity index (χ0) is 25.2. The fourth-order valence-electron chi connectivity index (χ4n) is 4.74. The van der Waals surface area contributed by atoms with E-state index in [4.69, 9.17) is 9.47 Å². The minimum atomic E-state index is -0.351. The number of carbonyl (C=O) groups is 2. The Balaban J connectivity index is 1.18. The summed E-state index contributed by atoms with van der Waals surface area (Å²) in [6.07, 6.45) is 2.65. The lowest BCUT2D eigenvalue weighted by Crippen LogP contribution is -2.42. The van der Waals surface area contributed by atoms with Crippen molar-refractivity contribution >= 4 is 17.5 Å². The number of methoxy groups -OCH3 is 1. The molecule has 5 rings (SSSR count). The molecule has 8 nitrogen and oxygen atoms in total. The Hall–Kier alpha value is -3.72. The molecule has 36 heavy (non-hydrogen) atoms. The number of ether oxygens (including phenoxy) is 2. The number of imidazole rings is 1. The molecule has 3 heterocycles. The monoisotopic (exact) mass is 492 g/mol. The summed E-state index contributed by atoms with van der Waals surface area (Å²) < 4.78 is 27.1. The third-order valence-electron chi connectivity index (χ3n) is 7.01. The number of hydrogen-bond donors (Lipinski definition) is 1. The number of likely N-dealkylation sites (tertiary alicyclic amines) is 1. The lowest BCUT2D eigenvalue weighted by molar-refractivity contribution is -0.121. The number of hydrogen-bond acceptors (Lipinski definition) is 5. The van der Waals surface area contributed by atoms with Gasteiger partial charge in [-0.3, -0.25) is 9.59 Å². The number of aromatic nitrogens is 2. The third-order valence-corrected chi connectivity index (χ3v) is 7.01. The number of anilines is 1. The molecular weight excluding hydrogens is 463 g/mol. The molecule has 1 fully saturated rings. The molecule has 2 amide bonds. The molecule has 1 N–H and O–H groups in total. The lowest BCUT2D eigenvalue weighted by Gasteiger charge is -2.31. The maximum atomic E-state index is 13.8. The van der Waals surface area contributed by atoms with Crippen LogP contribution in [0.3, 0.4) is 0 Å². The van der Waals surface area contributed by atoms with E-state index in [-0.39, 0.29) is 29.7 Å². The largest absolute Gasteiger partial charge is 0.497 e. The van der Waals surface area contributed by atoms with Crippen LogP contribution in [0.15, 0.2) is 48.8 Å². The summed E-state index contributed by atoms with van der Waals surface area (Å²) in [6, 6.07) is 12.4. The Kier molecular flexibility index (Phi) is 6.73. The van der Waals surface area contributed by atoms with Crippen LogP contribution in [0.25, 0.3) is 0 Å². The molecule has 0 radical (unpaired) electrons. The van der Waals surface area contributed by atoms with E-state index < -0.39 is 0 Å². The lowest BCUT2D eigenvalue weighted by atomic mass is 9.95. The Labute approximate surface area is 209 Å². The summed E-state index contributed by atoms with van der Waals surface area (Å²) in [6.45, 7) is 3.46. The van der Waals surface area contributed by atoms with E-state index in [9.17, 15) is 14.0 Å². The topological polar surface area (TPSA) is 85.7 Å². The van der Waals surface area contributed by atoms with E-state index in [1.54, 1.807) is 37.4 Å². The highest BCUT2D eigenvalue weighted by Crippen LogP contribution is 2.30. The number of rotatable bonds is 5. The number of piperidine rings is 1. The second-order valence-corrected chi connectivity index (χ2v) is 9.28. The molecule has 2 aliphatic heterocycles. The van der Waals surface area contributed by atoms with Gasteiger partial charge in [0.2, 0.25) is 5.91 Å². The van der Waals surface area contributed by atoms with Gasteiger partial charge in [0.15, 0.2) is 5.69 Å². The van der Waals surface area contributed by atoms with Crippen molar-refractivity contribution < 1.29 is 23.5 Å². The zero-order valence-electron chi connectivity index (χ0n) is 20.4. The first-order valence-electron chi connectivity index (χ1n) is 12.1. The quantitative estimate of drug-likeness (QED) is 0.580. The molecule has 1 atom stereocenters. The van der Waals surface area contributed by atoms with Crippen molar-refractivity contribution in [3.8, 4) is 5.75 Å². The predicted octanol–water partition coefficient (Wildman–Crippen LogP) is 4.10. The minimum Gasteiger partial charge on any atom is -0.497 e. The first-order valence-corrected chi connectivity index (χ1v) is 12.1. The van der Waals surface area contributed by atoms with E-state index in [0.29, 0.717) is 56.0 Å². The van der Waals surface area contributed by atoms with Crippen molar-refractivity contribution in [1.29, 1.82) is 0 Å². The molecule has 2 aliphatic rings. The van der Waals surface area contributed by atoms with Gasteiger partial charge in [-0.25, -0.2) is 9.37 Å². The molecule has 9 heteroatoms. The van der Waals surface area contributed by atoms with Crippen molar-refractivity contribution in [3.63, 3.8) is 0 Å². The average Bonchev–Trinajstić information content (AvgIpc) is 3.34. The summed E-state index contributed by atoms with van der Waals surface area (Å²) in [7, 11) is 1.63. The second kappa shape index (κ2) is 10.1. The van der Waals surface area contributed by atoms with Crippen molar-refractivity contribution in [3.05, 3.63) is 77.1 Å². The molecule has 3 aromatic rings. The number of fused-ring (bicyclic) bond motifs is 1. The molecule has 0 saturated carbocycles. The Morgan fingerprint density at radius 2 is 1.89 bits per heavy atom. The highest BCUT2D eigenvalue weighted by molar-refractivity contribution is 5.95. The zero-order valence-corrected chi connectivity index (χ0v) is 20.4. The predicted molar refractivity (Wildman–Crippen MR) is 131 cm³/mol. The fourth-order valence-corrected chi connectivity index (χ4v) is 4.74. The van der Waals surface area contributed by atoms with Gasteiger partial charge in [-0.05, 0) is 55.2 Å². The number of nitrogens with one attached hydrogen (secondary N) is 1. The molecule has 1 aromatic heterocycles. The minimum absolute atomic E-state index is 0.128. The van der Waals surface area contributed by atoms with Crippen molar-refractivity contribution in [2.75, 3.05) is 25.5 Å². The van der Waals surface area contributed by atoms with Gasteiger partial charge in [0.1, 0.15) is 17.7 Å². The van der Waals surface area contributed by atoms with Crippen LogP contribution >= 0.6 is 0 Å². The number of carbonyl (C=O) groups excluding carboxylic acids is 2. The van der Waals surface area contributed by atoms with Gasteiger partial charge in [0.05, 0.1) is 32.3 Å². The summed E-state index contributed by atoms with van der Waals surface area (Å²) in [5.41, 5.74) is 3.19. The van der Waals surface area contributed by atoms with Gasteiger partial charge in [-0.2, -0.15) is 0 Å².